The molecule has 11 heteroatoms. The number of carbonyl (C=O) groups is 2. The number of carbonyl (C=O) groups excluding carboxylic acids is 2. The summed E-state index contributed by atoms with van der Waals surface area (Å²) in [6, 6.07) is 2.49. The summed E-state index contributed by atoms with van der Waals surface area (Å²) in [6.07, 6.45) is 2.01. The van der Waals surface area contributed by atoms with E-state index in [1.54, 1.807) is 51.9 Å². The number of amides is 2. The zero-order valence-electron chi connectivity index (χ0n) is 19.0. The molecule has 9 nitrogen and oxygen atoms in total. The zero-order valence-corrected chi connectivity index (χ0v) is 20.6. The fraction of sp³-hybridized carbons (Fsp3) is 0.619. The normalized spacial score (nSPS) is 22.1. The number of nitrogens with zero attached hydrogens (tertiary/aromatic N) is 2. The summed E-state index contributed by atoms with van der Waals surface area (Å²) in [7, 11) is 3.60. The minimum absolute atomic E-state index is 0.0191. The summed E-state index contributed by atoms with van der Waals surface area (Å²) in [5, 5.41) is 19.5. The Bertz CT molecular complexity index is 815. The van der Waals surface area contributed by atoms with E-state index >= 15 is 0 Å². The van der Waals surface area contributed by atoms with Crippen molar-refractivity contribution in [1.82, 2.24) is 20.5 Å². The van der Waals surface area contributed by atoms with E-state index in [-0.39, 0.29) is 16.9 Å². The minimum Gasteiger partial charge on any atom is -0.444 e. The molecule has 2 rings (SSSR count). The molecule has 0 aliphatic heterocycles. The SMILES string of the molecule is CN(C)C(O)[C@H]1CC[C@H](NC(=S)C(=O)Nc2ccc(Cl)cn2)[C@H](NC(=O)OC(C)(C)C)C1. The van der Waals surface area contributed by atoms with Gasteiger partial charge in [0, 0.05) is 18.2 Å². The Morgan fingerprint density at radius 2 is 1.94 bits per heavy atom. The van der Waals surface area contributed by atoms with Crippen LogP contribution in [0.4, 0.5) is 10.6 Å². The Balaban J connectivity index is 2.06. The molecule has 0 aromatic carbocycles. The topological polar surface area (TPSA) is 116 Å². The van der Waals surface area contributed by atoms with Crippen LogP contribution in [-0.4, -0.2) is 70.0 Å². The Morgan fingerprint density at radius 1 is 1.25 bits per heavy atom. The van der Waals surface area contributed by atoms with Gasteiger partial charge in [0.15, 0.2) is 4.99 Å². The van der Waals surface area contributed by atoms with Gasteiger partial charge in [-0.2, -0.15) is 0 Å². The number of aliphatic hydroxyl groups is 1. The molecular weight excluding hydrogens is 454 g/mol. The van der Waals surface area contributed by atoms with Gasteiger partial charge < -0.3 is 25.8 Å². The molecule has 1 aromatic heterocycles. The summed E-state index contributed by atoms with van der Waals surface area (Å²) >= 11 is 11.1. The number of nitrogens with one attached hydrogen (secondary N) is 3. The quantitative estimate of drug-likeness (QED) is 0.371. The Hall–Kier alpha value is -2.01. The van der Waals surface area contributed by atoms with Crippen molar-refractivity contribution in [3.8, 4) is 0 Å². The Morgan fingerprint density at radius 3 is 2.50 bits per heavy atom. The first-order valence-electron chi connectivity index (χ1n) is 10.4. The third kappa shape index (κ3) is 8.16. The van der Waals surface area contributed by atoms with Crippen LogP contribution in [0.3, 0.4) is 0 Å². The van der Waals surface area contributed by atoms with Gasteiger partial charge in [0.25, 0.3) is 5.91 Å². The zero-order chi connectivity index (χ0) is 24.1. The lowest BCUT2D eigenvalue weighted by Crippen LogP contribution is -2.57. The second-order valence-corrected chi connectivity index (χ2v) is 9.94. The average molecular weight is 486 g/mol. The maximum atomic E-state index is 12.5. The molecule has 32 heavy (non-hydrogen) atoms. The number of alkyl carbamates (subject to hydrolysis) is 1. The molecule has 178 valence electrons. The van der Waals surface area contributed by atoms with Gasteiger partial charge in [0.1, 0.15) is 17.6 Å². The maximum Gasteiger partial charge on any atom is 0.407 e. The summed E-state index contributed by atoms with van der Waals surface area (Å²) < 4.78 is 5.39. The third-order valence-corrected chi connectivity index (χ3v) is 5.56. The monoisotopic (exact) mass is 485 g/mol. The molecule has 1 unspecified atom stereocenters. The molecule has 1 saturated carbocycles. The molecule has 1 aliphatic carbocycles. The molecule has 0 spiro atoms. The number of hydrogen-bond acceptors (Lipinski definition) is 7. The molecule has 0 bridgehead atoms. The maximum absolute atomic E-state index is 12.5. The first-order valence-corrected chi connectivity index (χ1v) is 11.2. The number of pyridine rings is 1. The van der Waals surface area contributed by atoms with E-state index in [0.29, 0.717) is 30.1 Å². The highest BCUT2D eigenvalue weighted by Crippen LogP contribution is 2.29. The predicted octanol–water partition coefficient (Wildman–Crippen LogP) is 2.53. The molecule has 1 aromatic rings. The van der Waals surface area contributed by atoms with Crippen molar-refractivity contribution < 1.29 is 19.4 Å². The Kier molecular flexibility index (Phi) is 9.20. The largest absolute Gasteiger partial charge is 0.444 e. The molecule has 1 heterocycles. The van der Waals surface area contributed by atoms with Crippen LogP contribution < -0.4 is 16.0 Å². The van der Waals surface area contributed by atoms with E-state index in [4.69, 9.17) is 28.6 Å². The van der Waals surface area contributed by atoms with Crippen LogP contribution in [0, 0.1) is 5.92 Å². The number of aromatic nitrogens is 1. The number of aliphatic hydroxyl groups excluding tert-OH is 1. The smallest absolute Gasteiger partial charge is 0.407 e. The fourth-order valence-electron chi connectivity index (χ4n) is 3.54. The molecule has 1 aliphatic rings. The first-order chi connectivity index (χ1) is 14.9. The van der Waals surface area contributed by atoms with E-state index in [2.05, 4.69) is 20.9 Å². The molecule has 2 amide bonds. The van der Waals surface area contributed by atoms with Crippen LogP contribution in [-0.2, 0) is 9.53 Å². The van der Waals surface area contributed by atoms with Gasteiger partial charge >= 0.3 is 6.09 Å². The van der Waals surface area contributed by atoms with Crippen molar-refractivity contribution in [2.75, 3.05) is 19.4 Å². The molecular formula is C21H32ClN5O4S. The van der Waals surface area contributed by atoms with Crippen molar-refractivity contribution >= 4 is 46.6 Å². The van der Waals surface area contributed by atoms with E-state index in [0.717, 1.165) is 0 Å². The lowest BCUT2D eigenvalue weighted by atomic mass is 9.81. The molecule has 4 N–H and O–H groups in total. The molecule has 4 atom stereocenters. The molecule has 0 saturated heterocycles. The van der Waals surface area contributed by atoms with Crippen LogP contribution in [0.2, 0.25) is 5.02 Å². The predicted molar refractivity (Wildman–Crippen MR) is 128 cm³/mol. The van der Waals surface area contributed by atoms with Crippen molar-refractivity contribution in [2.45, 2.75) is 63.9 Å². The number of halogens is 1. The van der Waals surface area contributed by atoms with Crippen molar-refractivity contribution in [1.29, 1.82) is 0 Å². The van der Waals surface area contributed by atoms with E-state index in [1.807, 2.05) is 0 Å². The molecule has 0 radical (unpaired) electrons. The van der Waals surface area contributed by atoms with Crippen LogP contribution in [0.15, 0.2) is 18.3 Å². The van der Waals surface area contributed by atoms with E-state index < -0.39 is 29.9 Å². The van der Waals surface area contributed by atoms with Gasteiger partial charge in [-0.05, 0) is 66.3 Å². The van der Waals surface area contributed by atoms with E-state index in [1.165, 1.54) is 6.20 Å². The number of thiocarbonyl (C=S) groups is 1. The van der Waals surface area contributed by atoms with Crippen molar-refractivity contribution in [3.63, 3.8) is 0 Å². The second-order valence-electron chi connectivity index (χ2n) is 9.10. The highest BCUT2D eigenvalue weighted by atomic mass is 35.5. The number of ether oxygens (including phenoxy) is 1. The number of hydrogen-bond donors (Lipinski definition) is 4. The first kappa shape index (κ1) is 26.2. The van der Waals surface area contributed by atoms with E-state index in [9.17, 15) is 14.7 Å². The number of anilines is 1. The van der Waals surface area contributed by atoms with Crippen molar-refractivity contribution in [3.05, 3.63) is 23.4 Å². The van der Waals surface area contributed by atoms with Gasteiger partial charge in [-0.25, -0.2) is 9.78 Å². The number of rotatable bonds is 5. The lowest BCUT2D eigenvalue weighted by molar-refractivity contribution is -0.110. The molecule has 1 fully saturated rings. The van der Waals surface area contributed by atoms with Crippen LogP contribution in [0.25, 0.3) is 0 Å². The summed E-state index contributed by atoms with van der Waals surface area (Å²) in [5.41, 5.74) is -0.648. The van der Waals surface area contributed by atoms with Crippen LogP contribution in [0.1, 0.15) is 40.0 Å². The summed E-state index contributed by atoms with van der Waals surface area (Å²) in [4.78, 5) is 30.7. The highest BCUT2D eigenvalue weighted by molar-refractivity contribution is 7.82. The standard InChI is InChI=1S/C21H32ClN5O4S/c1-21(2,3)31-20(30)25-15-10-12(19(29)27(4)5)6-8-14(15)24-18(32)17(28)26-16-9-7-13(22)11-23-16/h7,9,11-12,14-15,19,29H,6,8,10H2,1-5H3,(H,24,32)(H,25,30)(H,23,26,28)/t12-,14-,15+,19?/m0/s1. The lowest BCUT2D eigenvalue weighted by Gasteiger charge is -2.40. The Labute approximate surface area is 199 Å². The van der Waals surface area contributed by atoms with Crippen LogP contribution >= 0.6 is 23.8 Å². The summed E-state index contributed by atoms with van der Waals surface area (Å²) in [5.74, 6) is -0.241. The van der Waals surface area contributed by atoms with Gasteiger partial charge in [-0.15, -0.1) is 0 Å². The minimum atomic E-state index is -0.648. The average Bonchev–Trinajstić information content (AvgIpc) is 2.68. The van der Waals surface area contributed by atoms with Crippen LogP contribution in [0.5, 0.6) is 0 Å². The van der Waals surface area contributed by atoms with Gasteiger partial charge in [-0.3, -0.25) is 9.69 Å². The highest BCUT2D eigenvalue weighted by Gasteiger charge is 2.37. The van der Waals surface area contributed by atoms with Gasteiger partial charge in [0.2, 0.25) is 0 Å². The van der Waals surface area contributed by atoms with Gasteiger partial charge in [-0.1, -0.05) is 23.8 Å². The second kappa shape index (κ2) is 11.2. The summed E-state index contributed by atoms with van der Waals surface area (Å²) in [6.45, 7) is 5.35. The van der Waals surface area contributed by atoms with Crippen molar-refractivity contribution in [2.24, 2.45) is 5.92 Å². The fourth-order valence-corrected chi connectivity index (χ4v) is 3.86. The third-order valence-electron chi connectivity index (χ3n) is 5.04. The van der Waals surface area contributed by atoms with Gasteiger partial charge in [0.05, 0.1) is 11.1 Å².